The number of carbonyl (C=O) groups excluding carboxylic acids is 2. The number of benzene rings is 2. The number of thiophene rings is 1. The van der Waals surface area contributed by atoms with Crippen molar-refractivity contribution in [1.82, 2.24) is 10.2 Å². The molecule has 3 aromatic rings. The Balaban J connectivity index is 1.69. The Morgan fingerprint density at radius 2 is 1.88 bits per heavy atom. The van der Waals surface area contributed by atoms with Gasteiger partial charge in [0.2, 0.25) is 5.91 Å². The van der Waals surface area contributed by atoms with Gasteiger partial charge in [-0.3, -0.25) is 9.59 Å². The molecular formula is C26H28N2O4S. The lowest BCUT2D eigenvalue weighted by atomic mass is 9.81. The maximum Gasteiger partial charge on any atom is 0.254 e. The van der Waals surface area contributed by atoms with Gasteiger partial charge in [-0.05, 0) is 36.1 Å². The number of methoxy groups -OCH3 is 1. The monoisotopic (exact) mass is 464 g/mol. The average Bonchev–Trinajstić information content (AvgIpc) is 3.37. The molecule has 0 saturated heterocycles. The molecular weight excluding hydrogens is 436 g/mol. The lowest BCUT2D eigenvalue weighted by Crippen LogP contribution is -2.48. The van der Waals surface area contributed by atoms with E-state index >= 15 is 0 Å². The Kier molecular flexibility index (Phi) is 7.42. The van der Waals surface area contributed by atoms with Gasteiger partial charge in [-0.2, -0.15) is 0 Å². The first kappa shape index (κ1) is 23.0. The minimum Gasteiger partial charge on any atom is -0.494 e. The summed E-state index contributed by atoms with van der Waals surface area (Å²) in [5.74, 6) is 0.0265. The number of hydrogen-bond acceptors (Lipinski definition) is 5. The van der Waals surface area contributed by atoms with E-state index in [-0.39, 0.29) is 11.8 Å². The molecule has 0 bridgehead atoms. The molecule has 6 nitrogen and oxygen atoms in total. The molecule has 2 heterocycles. The Hall–Kier alpha value is -3.16. The first-order valence-electron chi connectivity index (χ1n) is 11.1. The minimum absolute atomic E-state index is 0.0770. The fourth-order valence-electron chi connectivity index (χ4n) is 4.32. The van der Waals surface area contributed by atoms with E-state index in [4.69, 9.17) is 9.47 Å². The zero-order valence-electron chi connectivity index (χ0n) is 18.8. The molecule has 0 unspecified atom stereocenters. The second-order valence-corrected chi connectivity index (χ2v) is 8.75. The zero-order valence-corrected chi connectivity index (χ0v) is 19.6. The molecule has 7 heteroatoms. The van der Waals surface area contributed by atoms with Crippen LogP contribution in [-0.2, 0) is 16.1 Å². The Morgan fingerprint density at radius 3 is 2.64 bits per heavy atom. The summed E-state index contributed by atoms with van der Waals surface area (Å²) < 4.78 is 11.0. The van der Waals surface area contributed by atoms with Crippen molar-refractivity contribution in [2.45, 2.75) is 25.4 Å². The minimum atomic E-state index is -0.534. The number of nitrogens with one attached hydrogen (secondary N) is 1. The fourth-order valence-corrected chi connectivity index (χ4v) is 5.20. The van der Waals surface area contributed by atoms with Crippen LogP contribution in [-0.4, -0.2) is 43.6 Å². The van der Waals surface area contributed by atoms with Gasteiger partial charge < -0.3 is 19.7 Å². The van der Waals surface area contributed by atoms with Gasteiger partial charge in [0, 0.05) is 36.2 Å². The van der Waals surface area contributed by atoms with E-state index in [1.54, 1.807) is 29.4 Å². The van der Waals surface area contributed by atoms with Crippen LogP contribution in [0.25, 0.3) is 0 Å². The highest BCUT2D eigenvalue weighted by atomic mass is 32.1. The normalized spacial score (nSPS) is 17.5. The van der Waals surface area contributed by atoms with Gasteiger partial charge >= 0.3 is 0 Å². The first-order valence-corrected chi connectivity index (χ1v) is 11.9. The van der Waals surface area contributed by atoms with E-state index in [1.807, 2.05) is 66.9 Å². The summed E-state index contributed by atoms with van der Waals surface area (Å²) in [4.78, 5) is 29.9. The summed E-state index contributed by atoms with van der Waals surface area (Å²) in [5.41, 5.74) is 2.23. The van der Waals surface area contributed by atoms with Crippen LogP contribution in [0.1, 0.15) is 45.2 Å². The Labute approximate surface area is 198 Å². The number of rotatable bonds is 9. The van der Waals surface area contributed by atoms with Gasteiger partial charge in [-0.25, -0.2) is 0 Å². The summed E-state index contributed by atoms with van der Waals surface area (Å²) in [6, 6.07) is 18.6. The van der Waals surface area contributed by atoms with Crippen LogP contribution in [0.2, 0.25) is 0 Å². The second-order valence-electron chi connectivity index (χ2n) is 7.78. The molecule has 1 N–H and O–H groups in total. The SMILES string of the molecule is CCOc1ccccc1CNC(=O)[C@H]1c2ccccc2C(=O)N(CCOC)[C@@H]1c1cccs1. The molecule has 172 valence electrons. The molecule has 1 aromatic heterocycles. The van der Waals surface area contributed by atoms with E-state index in [9.17, 15) is 9.59 Å². The van der Waals surface area contributed by atoms with Gasteiger partial charge in [0.05, 0.1) is 25.2 Å². The largest absolute Gasteiger partial charge is 0.494 e. The Morgan fingerprint density at radius 1 is 1.09 bits per heavy atom. The summed E-state index contributed by atoms with van der Waals surface area (Å²) in [5, 5.41) is 5.08. The van der Waals surface area contributed by atoms with Crippen molar-refractivity contribution in [3.63, 3.8) is 0 Å². The molecule has 0 saturated carbocycles. The van der Waals surface area contributed by atoms with Crippen molar-refractivity contribution >= 4 is 23.2 Å². The molecule has 2 atom stereocenters. The molecule has 33 heavy (non-hydrogen) atoms. The van der Waals surface area contributed by atoms with Crippen LogP contribution in [0.5, 0.6) is 5.75 Å². The molecule has 0 radical (unpaired) electrons. The van der Waals surface area contributed by atoms with Gasteiger partial charge in [-0.1, -0.05) is 42.5 Å². The third-order valence-corrected chi connectivity index (χ3v) is 6.76. The topological polar surface area (TPSA) is 67.9 Å². The number of ether oxygens (including phenoxy) is 2. The number of para-hydroxylation sites is 1. The van der Waals surface area contributed by atoms with E-state index in [1.165, 1.54) is 0 Å². The summed E-state index contributed by atoms with van der Waals surface area (Å²) in [6.45, 7) is 3.63. The van der Waals surface area contributed by atoms with Crippen molar-refractivity contribution < 1.29 is 19.1 Å². The quantitative estimate of drug-likeness (QED) is 0.510. The van der Waals surface area contributed by atoms with Crippen LogP contribution < -0.4 is 10.1 Å². The highest BCUT2D eigenvalue weighted by Gasteiger charge is 2.44. The zero-order chi connectivity index (χ0) is 23.2. The highest BCUT2D eigenvalue weighted by molar-refractivity contribution is 7.10. The maximum atomic E-state index is 13.7. The predicted molar refractivity (Wildman–Crippen MR) is 129 cm³/mol. The van der Waals surface area contributed by atoms with Gasteiger partial charge in [-0.15, -0.1) is 11.3 Å². The molecule has 2 aromatic carbocycles. The molecule has 2 amide bonds. The number of amides is 2. The lowest BCUT2D eigenvalue weighted by molar-refractivity contribution is -0.124. The van der Waals surface area contributed by atoms with Crippen molar-refractivity contribution in [3.05, 3.63) is 87.6 Å². The van der Waals surface area contributed by atoms with Crippen molar-refractivity contribution in [3.8, 4) is 5.75 Å². The first-order chi connectivity index (χ1) is 16.2. The van der Waals surface area contributed by atoms with Crippen molar-refractivity contribution in [1.29, 1.82) is 0 Å². The van der Waals surface area contributed by atoms with Crippen LogP contribution in [0.3, 0.4) is 0 Å². The lowest BCUT2D eigenvalue weighted by Gasteiger charge is -2.41. The van der Waals surface area contributed by atoms with Gasteiger partial charge in [0.1, 0.15) is 5.75 Å². The van der Waals surface area contributed by atoms with Crippen LogP contribution >= 0.6 is 11.3 Å². The molecule has 1 aliphatic rings. The van der Waals surface area contributed by atoms with E-state index in [2.05, 4.69) is 5.32 Å². The number of fused-ring (bicyclic) bond motifs is 1. The van der Waals surface area contributed by atoms with Crippen LogP contribution in [0, 0.1) is 0 Å². The third kappa shape index (κ3) is 4.79. The molecule has 0 fully saturated rings. The van der Waals surface area contributed by atoms with Crippen molar-refractivity contribution in [2.24, 2.45) is 0 Å². The standard InChI is InChI=1S/C26H28N2O4S/c1-3-32-21-12-7-4-9-18(21)17-27-25(29)23-19-10-5-6-11-20(19)26(30)28(14-15-31-2)24(23)22-13-8-16-33-22/h4-13,16,23-24H,3,14-15,17H2,1-2H3,(H,27,29)/t23-,24+/m0/s1. The Bertz CT molecular complexity index is 1100. The summed E-state index contributed by atoms with van der Waals surface area (Å²) in [6.07, 6.45) is 0. The molecule has 1 aliphatic heterocycles. The predicted octanol–water partition coefficient (Wildman–Crippen LogP) is 4.39. The molecule has 4 rings (SSSR count). The number of nitrogens with zero attached hydrogens (tertiary/aromatic N) is 1. The second kappa shape index (κ2) is 10.6. The third-order valence-electron chi connectivity index (χ3n) is 5.82. The summed E-state index contributed by atoms with van der Waals surface area (Å²) in [7, 11) is 1.61. The van der Waals surface area contributed by atoms with E-state index in [0.29, 0.717) is 31.9 Å². The highest BCUT2D eigenvalue weighted by Crippen LogP contribution is 2.44. The summed E-state index contributed by atoms with van der Waals surface area (Å²) >= 11 is 1.55. The van der Waals surface area contributed by atoms with Gasteiger partial charge in [0.25, 0.3) is 5.91 Å². The smallest absolute Gasteiger partial charge is 0.254 e. The average molecular weight is 465 g/mol. The van der Waals surface area contributed by atoms with Gasteiger partial charge in [0.15, 0.2) is 0 Å². The number of carbonyl (C=O) groups is 2. The number of hydrogen-bond donors (Lipinski definition) is 1. The fraction of sp³-hybridized carbons (Fsp3) is 0.308. The maximum absolute atomic E-state index is 13.7. The van der Waals surface area contributed by atoms with E-state index in [0.717, 1.165) is 21.8 Å². The van der Waals surface area contributed by atoms with Crippen molar-refractivity contribution in [2.75, 3.05) is 26.9 Å². The van der Waals surface area contributed by atoms with E-state index < -0.39 is 12.0 Å². The molecule has 0 aliphatic carbocycles. The molecule has 0 spiro atoms. The van der Waals surface area contributed by atoms with Crippen LogP contribution in [0.15, 0.2) is 66.0 Å². The van der Waals surface area contributed by atoms with Crippen LogP contribution in [0.4, 0.5) is 0 Å².